The lowest BCUT2D eigenvalue weighted by Crippen LogP contribution is -2.07. The first-order valence-electron chi connectivity index (χ1n) is 6.27. The number of tetrazole rings is 1. The maximum atomic E-state index is 5.37. The average Bonchev–Trinajstić information content (AvgIpc) is 2.87. The van der Waals surface area contributed by atoms with Gasteiger partial charge in [0.1, 0.15) is 5.75 Å². The molecule has 0 aliphatic heterocycles. The quantitative estimate of drug-likeness (QED) is 0.884. The Morgan fingerprint density at radius 2 is 2.16 bits per heavy atom. The van der Waals surface area contributed by atoms with E-state index >= 15 is 0 Å². The summed E-state index contributed by atoms with van der Waals surface area (Å²) in [5.74, 6) is 1.92. The van der Waals surface area contributed by atoms with Crippen LogP contribution in [0.25, 0.3) is 5.69 Å². The van der Waals surface area contributed by atoms with Crippen LogP contribution >= 0.6 is 0 Å². The van der Waals surface area contributed by atoms with Crippen molar-refractivity contribution in [3.05, 3.63) is 29.6 Å². The van der Waals surface area contributed by atoms with Crippen molar-refractivity contribution in [2.24, 2.45) is 0 Å². The SMILES string of the molecule is CNCc1nnn(-c2ccc(OC)c(C(C)C)c2)n1. The Balaban J connectivity index is 2.36. The minimum Gasteiger partial charge on any atom is -0.496 e. The molecular weight excluding hydrogens is 242 g/mol. The molecule has 0 fully saturated rings. The number of ether oxygens (including phenoxy) is 1. The monoisotopic (exact) mass is 261 g/mol. The van der Waals surface area contributed by atoms with Crippen molar-refractivity contribution < 1.29 is 4.74 Å². The fraction of sp³-hybridized carbons (Fsp3) is 0.462. The lowest BCUT2D eigenvalue weighted by Gasteiger charge is -2.12. The van der Waals surface area contributed by atoms with Gasteiger partial charge in [0.15, 0.2) is 5.82 Å². The van der Waals surface area contributed by atoms with Gasteiger partial charge in [0, 0.05) is 0 Å². The van der Waals surface area contributed by atoms with Gasteiger partial charge < -0.3 is 10.1 Å². The van der Waals surface area contributed by atoms with Gasteiger partial charge >= 0.3 is 0 Å². The minimum absolute atomic E-state index is 0.371. The number of nitrogens with one attached hydrogen (secondary N) is 1. The number of hydrogen-bond donors (Lipinski definition) is 1. The van der Waals surface area contributed by atoms with Crippen molar-refractivity contribution in [2.75, 3.05) is 14.2 Å². The van der Waals surface area contributed by atoms with Crippen LogP contribution in [-0.4, -0.2) is 34.4 Å². The maximum Gasteiger partial charge on any atom is 0.188 e. The normalized spacial score (nSPS) is 11.0. The Bertz CT molecular complexity index is 550. The second-order valence-electron chi connectivity index (χ2n) is 4.61. The third-order valence-corrected chi connectivity index (χ3v) is 2.86. The van der Waals surface area contributed by atoms with Crippen LogP contribution in [0.5, 0.6) is 5.75 Å². The van der Waals surface area contributed by atoms with Crippen LogP contribution in [0, 0.1) is 0 Å². The Morgan fingerprint density at radius 3 is 2.79 bits per heavy atom. The van der Waals surface area contributed by atoms with E-state index in [4.69, 9.17) is 4.74 Å². The summed E-state index contributed by atoms with van der Waals surface area (Å²) in [7, 11) is 3.53. The number of nitrogens with zero attached hydrogens (tertiary/aromatic N) is 4. The molecule has 0 radical (unpaired) electrons. The first-order valence-corrected chi connectivity index (χ1v) is 6.27. The van der Waals surface area contributed by atoms with Gasteiger partial charge in [-0.05, 0) is 41.9 Å². The van der Waals surface area contributed by atoms with Gasteiger partial charge in [0.2, 0.25) is 0 Å². The number of hydrogen-bond acceptors (Lipinski definition) is 5. The number of methoxy groups -OCH3 is 1. The summed E-state index contributed by atoms with van der Waals surface area (Å²) in [4.78, 5) is 1.54. The molecule has 19 heavy (non-hydrogen) atoms. The fourth-order valence-electron chi connectivity index (χ4n) is 1.88. The van der Waals surface area contributed by atoms with E-state index in [1.54, 1.807) is 7.11 Å². The lowest BCUT2D eigenvalue weighted by molar-refractivity contribution is 0.407. The molecule has 102 valence electrons. The van der Waals surface area contributed by atoms with Crippen LogP contribution in [0.4, 0.5) is 0 Å². The zero-order chi connectivity index (χ0) is 13.8. The highest BCUT2D eigenvalue weighted by Gasteiger charge is 2.11. The van der Waals surface area contributed by atoms with Crippen molar-refractivity contribution in [2.45, 2.75) is 26.3 Å². The zero-order valence-electron chi connectivity index (χ0n) is 11.7. The van der Waals surface area contributed by atoms with E-state index < -0.39 is 0 Å². The fourth-order valence-corrected chi connectivity index (χ4v) is 1.88. The zero-order valence-corrected chi connectivity index (χ0v) is 11.7. The molecule has 0 atom stereocenters. The van der Waals surface area contributed by atoms with Crippen LogP contribution in [0.1, 0.15) is 31.2 Å². The van der Waals surface area contributed by atoms with Crippen LogP contribution < -0.4 is 10.1 Å². The van der Waals surface area contributed by atoms with Crippen LogP contribution in [0.2, 0.25) is 0 Å². The molecule has 6 nitrogen and oxygen atoms in total. The Kier molecular flexibility index (Phi) is 4.11. The van der Waals surface area contributed by atoms with E-state index in [-0.39, 0.29) is 0 Å². The van der Waals surface area contributed by atoms with Crippen LogP contribution in [-0.2, 0) is 6.54 Å². The Morgan fingerprint density at radius 1 is 1.37 bits per heavy atom. The third kappa shape index (κ3) is 2.90. The molecule has 0 bridgehead atoms. The average molecular weight is 261 g/mol. The van der Waals surface area contributed by atoms with E-state index in [0.717, 1.165) is 17.0 Å². The highest BCUT2D eigenvalue weighted by molar-refractivity contribution is 5.44. The van der Waals surface area contributed by atoms with Crippen molar-refractivity contribution in [3.63, 3.8) is 0 Å². The molecule has 0 saturated heterocycles. The maximum absolute atomic E-state index is 5.37. The van der Waals surface area contributed by atoms with Crippen molar-refractivity contribution in [1.82, 2.24) is 25.5 Å². The van der Waals surface area contributed by atoms with Gasteiger partial charge in [0.25, 0.3) is 0 Å². The van der Waals surface area contributed by atoms with E-state index in [0.29, 0.717) is 18.3 Å². The first-order chi connectivity index (χ1) is 9.15. The Hall–Kier alpha value is -1.95. The van der Waals surface area contributed by atoms with Crippen molar-refractivity contribution in [3.8, 4) is 11.4 Å². The second kappa shape index (κ2) is 5.79. The smallest absolute Gasteiger partial charge is 0.188 e. The topological polar surface area (TPSA) is 64.9 Å². The van der Waals surface area contributed by atoms with Crippen LogP contribution in [0.3, 0.4) is 0 Å². The Labute approximate surface area is 112 Å². The lowest BCUT2D eigenvalue weighted by atomic mass is 10.0. The van der Waals surface area contributed by atoms with Gasteiger partial charge in [-0.2, -0.15) is 0 Å². The predicted molar refractivity (Wildman–Crippen MR) is 72.6 cm³/mol. The third-order valence-electron chi connectivity index (χ3n) is 2.86. The molecule has 1 aromatic heterocycles. The summed E-state index contributed by atoms with van der Waals surface area (Å²) >= 11 is 0. The molecule has 1 aromatic carbocycles. The number of benzene rings is 1. The van der Waals surface area contributed by atoms with Crippen molar-refractivity contribution >= 4 is 0 Å². The molecule has 0 aliphatic rings. The number of aromatic nitrogens is 4. The molecule has 0 unspecified atom stereocenters. The molecule has 1 heterocycles. The van der Waals surface area contributed by atoms with Gasteiger partial charge in [-0.1, -0.05) is 13.8 Å². The molecule has 0 saturated carbocycles. The van der Waals surface area contributed by atoms with Crippen LogP contribution in [0.15, 0.2) is 18.2 Å². The summed E-state index contributed by atoms with van der Waals surface area (Å²) in [6, 6.07) is 5.90. The molecule has 6 heteroatoms. The molecule has 2 aromatic rings. The summed E-state index contributed by atoms with van der Waals surface area (Å²) in [5.41, 5.74) is 2.02. The molecule has 0 spiro atoms. The molecule has 1 N–H and O–H groups in total. The largest absolute Gasteiger partial charge is 0.496 e. The standard InChI is InChI=1S/C13H19N5O/c1-9(2)11-7-10(5-6-12(11)19-4)18-16-13(8-14-3)15-17-18/h5-7,9,14H,8H2,1-4H3. The summed E-state index contributed by atoms with van der Waals surface area (Å²) in [6.45, 7) is 4.86. The number of rotatable bonds is 5. The van der Waals surface area contributed by atoms with Gasteiger partial charge in [0.05, 0.1) is 19.3 Å². The predicted octanol–water partition coefficient (Wildman–Crippen LogP) is 1.51. The minimum atomic E-state index is 0.371. The van der Waals surface area contributed by atoms with E-state index in [1.807, 2.05) is 25.2 Å². The highest BCUT2D eigenvalue weighted by Crippen LogP contribution is 2.28. The van der Waals surface area contributed by atoms with Gasteiger partial charge in [-0.15, -0.1) is 15.0 Å². The summed E-state index contributed by atoms with van der Waals surface area (Å²) in [6.07, 6.45) is 0. The molecule has 0 aliphatic carbocycles. The van der Waals surface area contributed by atoms with E-state index in [9.17, 15) is 0 Å². The van der Waals surface area contributed by atoms with Gasteiger partial charge in [-0.25, -0.2) is 0 Å². The first kappa shape index (κ1) is 13.5. The van der Waals surface area contributed by atoms with Gasteiger partial charge in [-0.3, -0.25) is 0 Å². The molecule has 2 rings (SSSR count). The molecule has 0 amide bonds. The van der Waals surface area contributed by atoms with Crippen molar-refractivity contribution in [1.29, 1.82) is 0 Å². The van der Waals surface area contributed by atoms with E-state index in [1.165, 1.54) is 4.80 Å². The summed E-state index contributed by atoms with van der Waals surface area (Å²) < 4.78 is 5.37. The second-order valence-corrected chi connectivity index (χ2v) is 4.61. The highest BCUT2D eigenvalue weighted by atomic mass is 16.5. The van der Waals surface area contributed by atoms with E-state index in [2.05, 4.69) is 34.6 Å². The summed E-state index contributed by atoms with van der Waals surface area (Å²) in [5, 5.41) is 15.4. The molecular formula is C13H19N5O.